The fraction of sp³-hybridized carbons (Fsp3) is 0.0870. The van der Waals surface area contributed by atoms with Crippen LogP contribution in [0.5, 0.6) is 0 Å². The molecule has 3 rings (SSSR count). The van der Waals surface area contributed by atoms with Gasteiger partial charge in [-0.1, -0.05) is 48.0 Å². The highest BCUT2D eigenvalue weighted by atomic mass is 35.5. The molecule has 1 atom stereocenters. The number of amides is 2. The third-order valence-corrected chi connectivity index (χ3v) is 4.52. The molecule has 0 spiro atoms. The minimum atomic E-state index is -0.800. The summed E-state index contributed by atoms with van der Waals surface area (Å²) in [5.74, 6) is -0.741. The lowest BCUT2D eigenvalue weighted by Gasteiger charge is -2.19. The molecule has 3 aromatic carbocycles. The van der Waals surface area contributed by atoms with Gasteiger partial charge in [0.05, 0.1) is 11.6 Å². The Hall–Kier alpha value is -3.62. The van der Waals surface area contributed by atoms with Gasteiger partial charge in [-0.15, -0.1) is 0 Å². The van der Waals surface area contributed by atoms with Gasteiger partial charge in [-0.2, -0.15) is 5.26 Å². The predicted molar refractivity (Wildman–Crippen MR) is 113 cm³/mol. The summed E-state index contributed by atoms with van der Waals surface area (Å²) in [5, 5.41) is 15.1. The van der Waals surface area contributed by atoms with Crippen LogP contribution in [0.3, 0.4) is 0 Å². The van der Waals surface area contributed by atoms with Crippen molar-refractivity contribution in [1.82, 2.24) is 5.32 Å². The molecular weight excluding hydrogens is 386 g/mol. The van der Waals surface area contributed by atoms with E-state index in [-0.39, 0.29) is 11.8 Å². The van der Waals surface area contributed by atoms with E-state index in [1.165, 1.54) is 0 Å². The van der Waals surface area contributed by atoms with Gasteiger partial charge in [0.15, 0.2) is 0 Å². The van der Waals surface area contributed by atoms with E-state index in [0.717, 1.165) is 5.56 Å². The number of nitrogens with zero attached hydrogens (tertiary/aromatic N) is 1. The molecule has 0 aliphatic carbocycles. The zero-order chi connectivity index (χ0) is 20.6. The van der Waals surface area contributed by atoms with E-state index in [2.05, 4.69) is 10.6 Å². The molecule has 2 amide bonds. The summed E-state index contributed by atoms with van der Waals surface area (Å²) in [6.07, 6.45) is 0.323. The first-order chi connectivity index (χ1) is 14.0. The fourth-order valence-electron chi connectivity index (χ4n) is 2.80. The van der Waals surface area contributed by atoms with Crippen molar-refractivity contribution in [1.29, 1.82) is 5.26 Å². The van der Waals surface area contributed by atoms with Crippen molar-refractivity contribution >= 4 is 29.1 Å². The van der Waals surface area contributed by atoms with Crippen molar-refractivity contribution in [2.24, 2.45) is 0 Å². The van der Waals surface area contributed by atoms with Crippen LogP contribution in [-0.4, -0.2) is 17.9 Å². The number of halogens is 1. The maximum absolute atomic E-state index is 12.9. The first-order valence-electron chi connectivity index (χ1n) is 8.96. The first kappa shape index (κ1) is 20.1. The number of nitrogens with one attached hydrogen (secondary N) is 2. The number of hydrogen-bond donors (Lipinski definition) is 2. The lowest BCUT2D eigenvalue weighted by atomic mass is 10.0. The summed E-state index contributed by atoms with van der Waals surface area (Å²) < 4.78 is 0. The number of carbonyl (C=O) groups is 2. The largest absolute Gasteiger partial charge is 0.340 e. The fourth-order valence-corrected chi connectivity index (χ4v) is 2.92. The van der Waals surface area contributed by atoms with Gasteiger partial charge < -0.3 is 10.6 Å². The average molecular weight is 404 g/mol. The van der Waals surface area contributed by atoms with Crippen molar-refractivity contribution < 1.29 is 9.59 Å². The number of anilines is 1. The molecule has 3 aromatic rings. The SMILES string of the molecule is N#Cc1cccc(NC(=O)C(Cc2ccccc2)NC(=O)c2ccc(Cl)cc2)c1. The van der Waals surface area contributed by atoms with Crippen LogP contribution in [0.15, 0.2) is 78.9 Å². The number of carbonyl (C=O) groups excluding carboxylic acids is 2. The van der Waals surface area contributed by atoms with Gasteiger partial charge in [0, 0.05) is 22.7 Å². The Bertz CT molecular complexity index is 1040. The molecule has 5 nitrogen and oxygen atoms in total. The molecule has 144 valence electrons. The minimum Gasteiger partial charge on any atom is -0.340 e. The van der Waals surface area contributed by atoms with Crippen molar-refractivity contribution in [3.63, 3.8) is 0 Å². The molecule has 0 aromatic heterocycles. The van der Waals surface area contributed by atoms with Crippen LogP contribution in [0.2, 0.25) is 5.02 Å². The molecule has 29 heavy (non-hydrogen) atoms. The molecule has 0 radical (unpaired) electrons. The lowest BCUT2D eigenvalue weighted by molar-refractivity contribution is -0.118. The Morgan fingerprint density at radius 2 is 1.69 bits per heavy atom. The summed E-state index contributed by atoms with van der Waals surface area (Å²) >= 11 is 5.88. The summed E-state index contributed by atoms with van der Waals surface area (Å²) in [5.41, 5.74) is 2.25. The lowest BCUT2D eigenvalue weighted by Crippen LogP contribution is -2.45. The summed E-state index contributed by atoms with van der Waals surface area (Å²) in [7, 11) is 0. The highest BCUT2D eigenvalue weighted by molar-refractivity contribution is 6.30. The topological polar surface area (TPSA) is 82.0 Å². The molecule has 2 N–H and O–H groups in total. The van der Waals surface area contributed by atoms with Gasteiger partial charge >= 0.3 is 0 Å². The standard InChI is InChI=1S/C23H18ClN3O2/c24-19-11-9-18(10-12-19)22(28)27-21(14-16-5-2-1-3-6-16)23(29)26-20-8-4-7-17(13-20)15-25/h1-13,21H,14H2,(H,26,29)(H,27,28). The molecule has 6 heteroatoms. The second kappa shape index (κ2) is 9.54. The predicted octanol–water partition coefficient (Wildman–Crippen LogP) is 4.19. The molecular formula is C23H18ClN3O2. The maximum Gasteiger partial charge on any atom is 0.251 e. The van der Waals surface area contributed by atoms with E-state index in [0.29, 0.717) is 28.3 Å². The Balaban J connectivity index is 1.79. The van der Waals surface area contributed by atoms with Crippen LogP contribution >= 0.6 is 11.6 Å². The Morgan fingerprint density at radius 1 is 0.966 bits per heavy atom. The Kier molecular flexibility index (Phi) is 6.62. The number of benzene rings is 3. The van der Waals surface area contributed by atoms with Crippen LogP contribution in [-0.2, 0) is 11.2 Å². The molecule has 0 fully saturated rings. The molecule has 0 heterocycles. The van der Waals surface area contributed by atoms with Crippen molar-refractivity contribution in [2.45, 2.75) is 12.5 Å². The number of rotatable bonds is 6. The highest BCUT2D eigenvalue weighted by Gasteiger charge is 2.22. The summed E-state index contributed by atoms with van der Waals surface area (Å²) in [6.45, 7) is 0. The third-order valence-electron chi connectivity index (χ3n) is 4.27. The second-order valence-corrected chi connectivity index (χ2v) is 6.84. The van der Waals surface area contributed by atoms with Gasteiger partial charge in [-0.25, -0.2) is 0 Å². The highest BCUT2D eigenvalue weighted by Crippen LogP contribution is 2.13. The van der Waals surface area contributed by atoms with E-state index < -0.39 is 6.04 Å². The van der Waals surface area contributed by atoms with Gasteiger partial charge in [0.1, 0.15) is 6.04 Å². The maximum atomic E-state index is 12.9. The smallest absolute Gasteiger partial charge is 0.251 e. The first-order valence-corrected chi connectivity index (χ1v) is 9.34. The van der Waals surface area contributed by atoms with Crippen LogP contribution in [0.4, 0.5) is 5.69 Å². The second-order valence-electron chi connectivity index (χ2n) is 6.40. The van der Waals surface area contributed by atoms with Crippen LogP contribution in [0.1, 0.15) is 21.5 Å². The van der Waals surface area contributed by atoms with Crippen LogP contribution < -0.4 is 10.6 Å². The third kappa shape index (κ3) is 5.68. The van der Waals surface area contributed by atoms with Gasteiger partial charge in [-0.05, 0) is 48.0 Å². The van der Waals surface area contributed by atoms with Crippen LogP contribution in [0, 0.1) is 11.3 Å². The minimum absolute atomic E-state index is 0.323. The molecule has 0 bridgehead atoms. The van der Waals surface area contributed by atoms with Crippen molar-refractivity contribution in [3.05, 3.63) is 101 Å². The van der Waals surface area contributed by atoms with Crippen molar-refractivity contribution in [2.75, 3.05) is 5.32 Å². The van der Waals surface area contributed by atoms with Crippen molar-refractivity contribution in [3.8, 4) is 6.07 Å². The molecule has 0 saturated carbocycles. The molecule has 1 unspecified atom stereocenters. The number of hydrogen-bond acceptors (Lipinski definition) is 3. The van der Waals surface area contributed by atoms with Gasteiger partial charge in [-0.3, -0.25) is 9.59 Å². The van der Waals surface area contributed by atoms with E-state index >= 15 is 0 Å². The molecule has 0 saturated heterocycles. The summed E-state index contributed by atoms with van der Waals surface area (Å²) in [4.78, 5) is 25.5. The number of nitriles is 1. The van der Waals surface area contributed by atoms with E-state index in [4.69, 9.17) is 16.9 Å². The zero-order valence-corrected chi connectivity index (χ0v) is 16.2. The molecule has 0 aliphatic rings. The monoisotopic (exact) mass is 403 g/mol. The van der Waals surface area contributed by atoms with E-state index in [1.807, 2.05) is 36.4 Å². The normalized spacial score (nSPS) is 11.2. The quantitative estimate of drug-likeness (QED) is 0.647. The van der Waals surface area contributed by atoms with E-state index in [9.17, 15) is 9.59 Å². The summed E-state index contributed by atoms with van der Waals surface area (Å²) in [6, 6.07) is 23.7. The van der Waals surface area contributed by atoms with Gasteiger partial charge in [0.25, 0.3) is 5.91 Å². The van der Waals surface area contributed by atoms with Crippen LogP contribution in [0.25, 0.3) is 0 Å². The van der Waals surface area contributed by atoms with E-state index in [1.54, 1.807) is 48.5 Å². The zero-order valence-electron chi connectivity index (χ0n) is 15.4. The Labute approximate surface area is 173 Å². The molecule has 0 aliphatic heterocycles. The van der Waals surface area contributed by atoms with Gasteiger partial charge in [0.2, 0.25) is 5.91 Å². The average Bonchev–Trinajstić information content (AvgIpc) is 2.74. The Morgan fingerprint density at radius 3 is 2.38 bits per heavy atom.